The average Bonchev–Trinajstić information content (AvgIpc) is 3.15. The summed E-state index contributed by atoms with van der Waals surface area (Å²) in [5, 5.41) is 11.6. The Morgan fingerprint density at radius 3 is 2.62 bits per heavy atom. The van der Waals surface area contributed by atoms with Crippen molar-refractivity contribution in [1.29, 1.82) is 0 Å². The molecule has 1 amide bonds. The number of hydrogen-bond donors (Lipinski definition) is 1. The Kier molecular flexibility index (Phi) is 4.46. The molecule has 0 bridgehead atoms. The predicted molar refractivity (Wildman–Crippen MR) is 91.8 cm³/mol. The molecule has 0 aliphatic carbocycles. The van der Waals surface area contributed by atoms with Crippen molar-refractivity contribution in [3.63, 3.8) is 0 Å². The third-order valence-electron chi connectivity index (χ3n) is 4.14. The Balaban J connectivity index is 1.60. The number of carbonyl (C=O) groups is 1. The molecular formula is C18H21N5O. The molecule has 0 unspecified atom stereocenters. The first-order chi connectivity index (χ1) is 11.5. The third kappa shape index (κ3) is 3.37. The van der Waals surface area contributed by atoms with Gasteiger partial charge in [0.05, 0.1) is 24.0 Å². The zero-order chi connectivity index (χ0) is 17.1. The first-order valence-corrected chi connectivity index (χ1v) is 7.89. The van der Waals surface area contributed by atoms with Gasteiger partial charge in [-0.2, -0.15) is 10.2 Å². The molecule has 6 nitrogen and oxygen atoms in total. The molecule has 0 spiro atoms. The molecule has 1 aromatic carbocycles. The molecule has 0 saturated carbocycles. The zero-order valence-electron chi connectivity index (χ0n) is 14.2. The van der Waals surface area contributed by atoms with Gasteiger partial charge < -0.3 is 5.32 Å². The maximum absolute atomic E-state index is 12.2. The lowest BCUT2D eigenvalue weighted by Gasteiger charge is -2.04. The van der Waals surface area contributed by atoms with Crippen LogP contribution in [0, 0.1) is 13.8 Å². The van der Waals surface area contributed by atoms with Crippen molar-refractivity contribution < 1.29 is 4.79 Å². The van der Waals surface area contributed by atoms with Gasteiger partial charge in [-0.15, -0.1) is 0 Å². The summed E-state index contributed by atoms with van der Waals surface area (Å²) in [6, 6.07) is 9.89. The highest BCUT2D eigenvalue weighted by atomic mass is 16.1. The van der Waals surface area contributed by atoms with Gasteiger partial charge in [0.25, 0.3) is 0 Å². The number of benzene rings is 1. The van der Waals surface area contributed by atoms with Crippen LogP contribution < -0.4 is 5.32 Å². The lowest BCUT2D eigenvalue weighted by atomic mass is 10.1. The van der Waals surface area contributed by atoms with Crippen LogP contribution in [0.4, 0.5) is 0 Å². The van der Waals surface area contributed by atoms with Crippen LogP contribution in [0.1, 0.15) is 22.5 Å². The monoisotopic (exact) mass is 323 g/mol. The second-order valence-corrected chi connectivity index (χ2v) is 5.86. The molecule has 2 heterocycles. The van der Waals surface area contributed by atoms with Crippen LogP contribution in [0.15, 0.2) is 42.7 Å². The largest absolute Gasteiger partial charge is 0.352 e. The van der Waals surface area contributed by atoms with Crippen LogP contribution in [-0.2, 0) is 24.8 Å². The van der Waals surface area contributed by atoms with Gasteiger partial charge in [-0.1, -0.05) is 18.2 Å². The van der Waals surface area contributed by atoms with Gasteiger partial charge in [0, 0.05) is 36.6 Å². The fourth-order valence-corrected chi connectivity index (χ4v) is 2.67. The highest BCUT2D eigenvalue weighted by molar-refractivity contribution is 5.79. The van der Waals surface area contributed by atoms with Crippen LogP contribution in [0.2, 0.25) is 0 Å². The molecule has 0 radical (unpaired) electrons. The summed E-state index contributed by atoms with van der Waals surface area (Å²) in [5.74, 6) is -0.0124. The average molecular weight is 323 g/mol. The van der Waals surface area contributed by atoms with Crippen molar-refractivity contribution in [3.8, 4) is 5.69 Å². The van der Waals surface area contributed by atoms with E-state index in [-0.39, 0.29) is 5.91 Å². The van der Waals surface area contributed by atoms with Crippen molar-refractivity contribution in [1.82, 2.24) is 24.9 Å². The molecule has 0 fully saturated rings. The van der Waals surface area contributed by atoms with Gasteiger partial charge in [-0.3, -0.25) is 9.48 Å². The maximum Gasteiger partial charge on any atom is 0.224 e. The van der Waals surface area contributed by atoms with E-state index in [1.165, 1.54) is 0 Å². The number of nitrogens with zero attached hydrogens (tertiary/aromatic N) is 4. The number of amides is 1. The highest BCUT2D eigenvalue weighted by Gasteiger charge is 2.13. The minimum atomic E-state index is -0.0124. The Bertz CT molecular complexity index is 848. The fraction of sp³-hybridized carbons (Fsp3) is 0.278. The molecule has 0 aliphatic rings. The number of carbonyl (C=O) groups excluding carboxylic acids is 1. The summed E-state index contributed by atoms with van der Waals surface area (Å²) >= 11 is 0. The second-order valence-electron chi connectivity index (χ2n) is 5.86. The number of para-hydroxylation sites is 1. The number of aromatic nitrogens is 4. The molecule has 6 heteroatoms. The molecule has 24 heavy (non-hydrogen) atoms. The van der Waals surface area contributed by atoms with E-state index in [2.05, 4.69) is 15.5 Å². The van der Waals surface area contributed by atoms with E-state index in [9.17, 15) is 4.79 Å². The van der Waals surface area contributed by atoms with Crippen molar-refractivity contribution in [2.24, 2.45) is 7.05 Å². The first-order valence-electron chi connectivity index (χ1n) is 7.89. The van der Waals surface area contributed by atoms with E-state index in [1.54, 1.807) is 10.9 Å². The first kappa shape index (κ1) is 16.0. The van der Waals surface area contributed by atoms with E-state index in [4.69, 9.17) is 0 Å². The summed E-state index contributed by atoms with van der Waals surface area (Å²) in [4.78, 5) is 12.2. The number of hydrogen-bond acceptors (Lipinski definition) is 3. The van der Waals surface area contributed by atoms with Gasteiger partial charge in [-0.25, -0.2) is 4.68 Å². The van der Waals surface area contributed by atoms with Crippen molar-refractivity contribution in [3.05, 3.63) is 65.2 Å². The molecule has 0 aliphatic heterocycles. The van der Waals surface area contributed by atoms with Crippen LogP contribution in [0.5, 0.6) is 0 Å². The molecular weight excluding hydrogens is 302 g/mol. The van der Waals surface area contributed by atoms with Crippen molar-refractivity contribution in [2.75, 3.05) is 0 Å². The zero-order valence-corrected chi connectivity index (χ0v) is 14.2. The lowest BCUT2D eigenvalue weighted by Crippen LogP contribution is -2.24. The normalized spacial score (nSPS) is 10.8. The van der Waals surface area contributed by atoms with Crippen LogP contribution in [0.3, 0.4) is 0 Å². The van der Waals surface area contributed by atoms with E-state index in [0.717, 1.165) is 28.2 Å². The van der Waals surface area contributed by atoms with Gasteiger partial charge >= 0.3 is 0 Å². The Labute approximate surface area is 141 Å². The topological polar surface area (TPSA) is 64.7 Å². The minimum Gasteiger partial charge on any atom is -0.352 e. The quantitative estimate of drug-likeness (QED) is 0.782. The Hall–Kier alpha value is -2.89. The number of nitrogens with one attached hydrogen (secondary N) is 1. The van der Waals surface area contributed by atoms with Gasteiger partial charge in [0.2, 0.25) is 5.91 Å². The summed E-state index contributed by atoms with van der Waals surface area (Å²) in [7, 11) is 1.89. The molecule has 3 aromatic rings. The molecule has 0 saturated heterocycles. The van der Waals surface area contributed by atoms with Crippen LogP contribution in [-0.4, -0.2) is 25.5 Å². The highest BCUT2D eigenvalue weighted by Crippen LogP contribution is 2.12. The van der Waals surface area contributed by atoms with Gasteiger partial charge in [0.1, 0.15) is 0 Å². The standard InChI is InChI=1S/C18H21N5O/c1-13-17(14(2)22(3)21-13)9-18(24)19-10-15-11-20-23(12-15)16-7-5-4-6-8-16/h4-8,11-12H,9-10H2,1-3H3,(H,19,24). The van der Waals surface area contributed by atoms with E-state index in [0.29, 0.717) is 13.0 Å². The molecule has 3 rings (SSSR count). The van der Waals surface area contributed by atoms with Crippen LogP contribution >= 0.6 is 0 Å². The number of aryl methyl sites for hydroxylation is 2. The summed E-state index contributed by atoms with van der Waals surface area (Å²) in [5.41, 5.74) is 4.89. The summed E-state index contributed by atoms with van der Waals surface area (Å²) in [6.07, 6.45) is 4.04. The lowest BCUT2D eigenvalue weighted by molar-refractivity contribution is -0.120. The second kappa shape index (κ2) is 6.70. The minimum absolute atomic E-state index is 0.0124. The number of rotatable bonds is 5. The predicted octanol–water partition coefficient (Wildman–Crippen LogP) is 2.08. The Morgan fingerprint density at radius 1 is 1.21 bits per heavy atom. The summed E-state index contributed by atoms with van der Waals surface area (Å²) < 4.78 is 3.61. The Morgan fingerprint density at radius 2 is 1.96 bits per heavy atom. The van der Waals surface area contributed by atoms with Gasteiger partial charge in [-0.05, 0) is 26.0 Å². The van der Waals surface area contributed by atoms with Crippen molar-refractivity contribution >= 4 is 5.91 Å². The summed E-state index contributed by atoms with van der Waals surface area (Å²) in [6.45, 7) is 4.37. The van der Waals surface area contributed by atoms with Crippen molar-refractivity contribution in [2.45, 2.75) is 26.8 Å². The van der Waals surface area contributed by atoms with E-state index in [1.807, 2.05) is 62.1 Å². The van der Waals surface area contributed by atoms with E-state index >= 15 is 0 Å². The van der Waals surface area contributed by atoms with Crippen LogP contribution in [0.25, 0.3) is 5.69 Å². The smallest absolute Gasteiger partial charge is 0.224 e. The van der Waals surface area contributed by atoms with Gasteiger partial charge in [0.15, 0.2) is 0 Å². The SMILES string of the molecule is Cc1nn(C)c(C)c1CC(=O)NCc1cnn(-c2ccccc2)c1. The maximum atomic E-state index is 12.2. The molecule has 1 N–H and O–H groups in total. The van der Waals surface area contributed by atoms with E-state index < -0.39 is 0 Å². The molecule has 0 atom stereocenters. The fourth-order valence-electron chi connectivity index (χ4n) is 2.67. The third-order valence-corrected chi connectivity index (χ3v) is 4.14. The molecule has 124 valence electrons. The molecule has 2 aromatic heterocycles.